The molecule has 1 aliphatic heterocycles. The second-order valence-corrected chi connectivity index (χ2v) is 5.41. The number of ketones is 1. The van der Waals surface area contributed by atoms with Gasteiger partial charge >= 0.3 is 0 Å². The first kappa shape index (κ1) is 12.6. The van der Waals surface area contributed by atoms with E-state index in [2.05, 4.69) is 9.88 Å². The molecule has 1 aliphatic carbocycles. The molecule has 2 aliphatic rings. The van der Waals surface area contributed by atoms with Crippen LogP contribution in [0.2, 0.25) is 0 Å². The lowest BCUT2D eigenvalue weighted by atomic mass is 9.90. The van der Waals surface area contributed by atoms with Crippen LogP contribution in [-0.4, -0.2) is 36.1 Å². The Balaban J connectivity index is 1.87. The summed E-state index contributed by atoms with van der Waals surface area (Å²) in [5, 5.41) is 0. The number of morpholine rings is 1. The summed E-state index contributed by atoms with van der Waals surface area (Å²) in [6.45, 7) is 3.23. The average molecular weight is 260 g/mol. The van der Waals surface area contributed by atoms with Crippen molar-refractivity contribution in [2.75, 3.05) is 18.1 Å². The van der Waals surface area contributed by atoms with Crippen molar-refractivity contribution in [1.82, 2.24) is 4.98 Å². The Hall–Kier alpha value is -1.42. The maximum Gasteiger partial charge on any atom is 0.159 e. The minimum absolute atomic E-state index is 0.0945. The van der Waals surface area contributed by atoms with E-state index < -0.39 is 0 Å². The first-order valence-electron chi connectivity index (χ1n) is 7.11. The molecule has 3 rings (SSSR count). The first-order chi connectivity index (χ1) is 9.25. The van der Waals surface area contributed by atoms with Gasteiger partial charge in [0.05, 0.1) is 18.8 Å². The van der Waals surface area contributed by atoms with Gasteiger partial charge in [-0.05, 0) is 31.9 Å². The number of carbonyl (C=O) groups excluding carboxylic acids is 1. The lowest BCUT2D eigenvalue weighted by molar-refractivity contribution is -0.00898. The Morgan fingerprint density at radius 2 is 2.26 bits per heavy atom. The third-order valence-corrected chi connectivity index (χ3v) is 4.18. The van der Waals surface area contributed by atoms with E-state index in [1.807, 2.05) is 6.07 Å². The van der Waals surface area contributed by atoms with Gasteiger partial charge in [0, 0.05) is 18.3 Å². The average Bonchev–Trinajstić information content (AvgIpc) is 2.47. The fourth-order valence-electron chi connectivity index (χ4n) is 3.18. The van der Waals surface area contributed by atoms with E-state index in [-0.39, 0.29) is 5.78 Å². The maximum atomic E-state index is 11.5. The number of rotatable bonds is 2. The smallest absolute Gasteiger partial charge is 0.159 e. The fraction of sp³-hybridized carbons (Fsp3) is 0.600. The van der Waals surface area contributed by atoms with E-state index in [0.29, 0.717) is 12.1 Å². The number of pyridine rings is 1. The molecule has 19 heavy (non-hydrogen) atoms. The minimum Gasteiger partial charge on any atom is -0.374 e. The molecule has 4 heteroatoms. The first-order valence-corrected chi connectivity index (χ1v) is 7.11. The summed E-state index contributed by atoms with van der Waals surface area (Å²) in [6.07, 6.45) is 6.90. The molecule has 0 spiro atoms. The molecule has 2 atom stereocenters. The van der Waals surface area contributed by atoms with Gasteiger partial charge in [-0.3, -0.25) is 4.79 Å². The molecular weight excluding hydrogens is 240 g/mol. The lowest BCUT2D eigenvalue weighted by Crippen LogP contribution is -2.53. The van der Waals surface area contributed by atoms with Gasteiger partial charge in [0.15, 0.2) is 5.78 Å². The molecule has 0 amide bonds. The second-order valence-electron chi connectivity index (χ2n) is 5.41. The highest BCUT2D eigenvalue weighted by Gasteiger charge is 2.34. The minimum atomic E-state index is 0.0945. The Kier molecular flexibility index (Phi) is 3.51. The van der Waals surface area contributed by atoms with E-state index in [0.717, 1.165) is 37.4 Å². The number of aromatic nitrogens is 1. The number of fused-ring (bicyclic) bond motifs is 1. The molecule has 1 saturated carbocycles. The highest BCUT2D eigenvalue weighted by molar-refractivity contribution is 5.94. The Bertz CT molecular complexity index is 473. The van der Waals surface area contributed by atoms with Crippen LogP contribution >= 0.6 is 0 Å². The molecule has 4 nitrogen and oxygen atoms in total. The van der Waals surface area contributed by atoms with Crippen molar-refractivity contribution in [3.8, 4) is 0 Å². The van der Waals surface area contributed by atoms with E-state index in [4.69, 9.17) is 4.74 Å². The van der Waals surface area contributed by atoms with Gasteiger partial charge in [-0.1, -0.05) is 12.8 Å². The summed E-state index contributed by atoms with van der Waals surface area (Å²) in [7, 11) is 0. The van der Waals surface area contributed by atoms with Crippen LogP contribution < -0.4 is 4.90 Å². The zero-order valence-electron chi connectivity index (χ0n) is 11.3. The molecule has 1 aromatic heterocycles. The normalized spacial score (nSPS) is 26.9. The summed E-state index contributed by atoms with van der Waals surface area (Å²) in [4.78, 5) is 18.3. The summed E-state index contributed by atoms with van der Waals surface area (Å²) in [6, 6.07) is 4.13. The predicted octanol–water partition coefficient (Wildman–Crippen LogP) is 2.43. The van der Waals surface area contributed by atoms with Crippen molar-refractivity contribution in [3.63, 3.8) is 0 Å². The largest absolute Gasteiger partial charge is 0.374 e. The molecule has 102 valence electrons. The zero-order chi connectivity index (χ0) is 13.2. The molecule has 0 radical (unpaired) electrons. The van der Waals surface area contributed by atoms with Crippen LogP contribution in [-0.2, 0) is 4.74 Å². The van der Waals surface area contributed by atoms with Crippen molar-refractivity contribution in [2.45, 2.75) is 44.8 Å². The van der Waals surface area contributed by atoms with Crippen LogP contribution in [0.4, 0.5) is 5.82 Å². The molecular formula is C15H20N2O2. The van der Waals surface area contributed by atoms with Crippen LogP contribution in [0.5, 0.6) is 0 Å². The lowest BCUT2D eigenvalue weighted by Gasteiger charge is -2.44. The molecule has 0 bridgehead atoms. The fourth-order valence-corrected chi connectivity index (χ4v) is 3.18. The highest BCUT2D eigenvalue weighted by Crippen LogP contribution is 2.31. The summed E-state index contributed by atoms with van der Waals surface area (Å²) in [5.41, 5.74) is 0.740. The number of hydrogen-bond donors (Lipinski definition) is 0. The Morgan fingerprint density at radius 1 is 1.42 bits per heavy atom. The van der Waals surface area contributed by atoms with Crippen LogP contribution in [0, 0.1) is 0 Å². The SMILES string of the molecule is CC(=O)c1ccnc(N2CCOC3CCCCC32)c1. The van der Waals surface area contributed by atoms with Gasteiger partial charge in [0.25, 0.3) is 0 Å². The standard InChI is InChI=1S/C15H20N2O2/c1-11(18)12-6-7-16-15(10-12)17-8-9-19-14-5-3-2-4-13(14)17/h6-7,10,13-14H,2-5,8-9H2,1H3. The van der Waals surface area contributed by atoms with Gasteiger partial charge in [-0.25, -0.2) is 4.98 Å². The molecule has 0 aromatic carbocycles. The summed E-state index contributed by atoms with van der Waals surface area (Å²) >= 11 is 0. The zero-order valence-corrected chi connectivity index (χ0v) is 11.3. The number of anilines is 1. The molecule has 2 heterocycles. The quantitative estimate of drug-likeness (QED) is 0.766. The second kappa shape index (κ2) is 5.29. The van der Waals surface area contributed by atoms with E-state index in [9.17, 15) is 4.79 Å². The number of ether oxygens (including phenoxy) is 1. The Morgan fingerprint density at radius 3 is 3.11 bits per heavy atom. The molecule has 0 N–H and O–H groups in total. The molecule has 2 fully saturated rings. The summed E-state index contributed by atoms with van der Waals surface area (Å²) < 4.78 is 5.87. The Labute approximate surface area is 113 Å². The molecule has 1 saturated heterocycles. The van der Waals surface area contributed by atoms with Crippen LogP contribution in [0.1, 0.15) is 43.0 Å². The van der Waals surface area contributed by atoms with Gasteiger partial charge in [-0.2, -0.15) is 0 Å². The number of carbonyl (C=O) groups is 1. The van der Waals surface area contributed by atoms with Gasteiger partial charge in [0.1, 0.15) is 5.82 Å². The monoisotopic (exact) mass is 260 g/mol. The van der Waals surface area contributed by atoms with Crippen LogP contribution in [0.15, 0.2) is 18.3 Å². The number of nitrogens with zero attached hydrogens (tertiary/aromatic N) is 2. The predicted molar refractivity (Wildman–Crippen MR) is 73.6 cm³/mol. The van der Waals surface area contributed by atoms with Crippen molar-refractivity contribution in [2.24, 2.45) is 0 Å². The van der Waals surface area contributed by atoms with E-state index >= 15 is 0 Å². The van der Waals surface area contributed by atoms with Crippen molar-refractivity contribution < 1.29 is 9.53 Å². The van der Waals surface area contributed by atoms with Crippen LogP contribution in [0.3, 0.4) is 0 Å². The third-order valence-electron chi connectivity index (χ3n) is 4.18. The molecule has 1 aromatic rings. The number of Topliss-reactive ketones (excluding diaryl/α,β-unsaturated/α-hetero) is 1. The van der Waals surface area contributed by atoms with E-state index in [1.54, 1.807) is 19.2 Å². The van der Waals surface area contributed by atoms with Crippen molar-refractivity contribution in [1.29, 1.82) is 0 Å². The van der Waals surface area contributed by atoms with Crippen molar-refractivity contribution >= 4 is 11.6 Å². The highest BCUT2D eigenvalue weighted by atomic mass is 16.5. The molecule has 2 unspecified atom stereocenters. The van der Waals surface area contributed by atoms with Gasteiger partial charge < -0.3 is 9.64 Å². The maximum absolute atomic E-state index is 11.5. The van der Waals surface area contributed by atoms with Gasteiger partial charge in [0.2, 0.25) is 0 Å². The van der Waals surface area contributed by atoms with Crippen LogP contribution in [0.25, 0.3) is 0 Å². The van der Waals surface area contributed by atoms with E-state index in [1.165, 1.54) is 12.8 Å². The number of hydrogen-bond acceptors (Lipinski definition) is 4. The summed E-state index contributed by atoms with van der Waals surface area (Å²) in [5.74, 6) is 1.02. The topological polar surface area (TPSA) is 42.4 Å². The van der Waals surface area contributed by atoms with Gasteiger partial charge in [-0.15, -0.1) is 0 Å². The third kappa shape index (κ3) is 2.50. The van der Waals surface area contributed by atoms with Crippen molar-refractivity contribution in [3.05, 3.63) is 23.9 Å².